The second-order valence-electron chi connectivity index (χ2n) is 6.36. The molecule has 3 rings (SSSR count). The molecule has 1 heterocycles. The highest BCUT2D eigenvalue weighted by atomic mass is 35.5. The minimum Gasteiger partial charge on any atom is -0.492 e. The van der Waals surface area contributed by atoms with E-state index in [4.69, 9.17) is 16.3 Å². The molecule has 2 aromatic rings. The van der Waals surface area contributed by atoms with Crippen LogP contribution in [0.4, 0.5) is 9.18 Å². The van der Waals surface area contributed by atoms with Gasteiger partial charge in [-0.2, -0.15) is 4.31 Å². The number of nitrogens with zero attached hydrogens (tertiary/aromatic N) is 2. The highest BCUT2D eigenvalue weighted by Crippen LogP contribution is 2.20. The first-order valence-electron chi connectivity index (χ1n) is 9.04. The molecule has 10 heteroatoms. The summed E-state index contributed by atoms with van der Waals surface area (Å²) in [5.41, 5.74) is 0. The quantitative estimate of drug-likeness (QED) is 0.699. The minimum absolute atomic E-state index is 0.103. The molecule has 0 radical (unpaired) electrons. The number of hydrogen-bond donors (Lipinski definition) is 1. The summed E-state index contributed by atoms with van der Waals surface area (Å²) in [5, 5.41) is 3.35. The summed E-state index contributed by atoms with van der Waals surface area (Å²) in [4.78, 5) is 13.4. The highest BCUT2D eigenvalue weighted by Gasteiger charge is 2.31. The van der Waals surface area contributed by atoms with Crippen molar-refractivity contribution in [3.8, 4) is 5.75 Å². The Balaban J connectivity index is 1.44. The Morgan fingerprint density at radius 3 is 2.38 bits per heavy atom. The summed E-state index contributed by atoms with van der Waals surface area (Å²) in [7, 11) is -3.93. The molecule has 0 bridgehead atoms. The summed E-state index contributed by atoms with van der Waals surface area (Å²) < 4.78 is 45.7. The van der Waals surface area contributed by atoms with Gasteiger partial charge in [0, 0.05) is 31.2 Å². The predicted octanol–water partition coefficient (Wildman–Crippen LogP) is 2.57. The summed E-state index contributed by atoms with van der Waals surface area (Å²) >= 11 is 5.80. The van der Waals surface area contributed by atoms with E-state index in [1.807, 2.05) is 0 Å². The van der Waals surface area contributed by atoms with Crippen molar-refractivity contribution < 1.29 is 22.3 Å². The van der Waals surface area contributed by atoms with Gasteiger partial charge in [-0.1, -0.05) is 23.7 Å². The number of hydrogen-bond acceptors (Lipinski definition) is 4. The van der Waals surface area contributed by atoms with Crippen LogP contribution in [0, 0.1) is 5.82 Å². The molecule has 0 spiro atoms. The lowest BCUT2D eigenvalue weighted by Crippen LogP contribution is -2.53. The van der Waals surface area contributed by atoms with E-state index in [0.29, 0.717) is 17.3 Å². The van der Waals surface area contributed by atoms with Gasteiger partial charge in [0.15, 0.2) is 0 Å². The van der Waals surface area contributed by atoms with E-state index in [9.17, 15) is 17.6 Å². The van der Waals surface area contributed by atoms with E-state index in [1.165, 1.54) is 27.4 Å². The third-order valence-corrected chi connectivity index (χ3v) is 6.62. The zero-order valence-corrected chi connectivity index (χ0v) is 17.1. The smallest absolute Gasteiger partial charge is 0.317 e. The van der Waals surface area contributed by atoms with Crippen LogP contribution in [-0.4, -0.2) is 63.0 Å². The van der Waals surface area contributed by atoms with Crippen molar-refractivity contribution >= 4 is 27.7 Å². The van der Waals surface area contributed by atoms with Gasteiger partial charge in [0.05, 0.1) is 6.54 Å². The molecule has 7 nitrogen and oxygen atoms in total. The Hall–Kier alpha value is -2.36. The van der Waals surface area contributed by atoms with Gasteiger partial charge in [-0.15, -0.1) is 0 Å². The fourth-order valence-electron chi connectivity index (χ4n) is 2.89. The lowest BCUT2D eigenvalue weighted by molar-refractivity contribution is 0.170. The first-order valence-corrected chi connectivity index (χ1v) is 10.9. The van der Waals surface area contributed by atoms with E-state index in [2.05, 4.69) is 5.32 Å². The van der Waals surface area contributed by atoms with Gasteiger partial charge < -0.3 is 15.0 Å². The van der Waals surface area contributed by atoms with E-state index in [-0.39, 0.29) is 43.7 Å². The maximum Gasteiger partial charge on any atom is 0.317 e. The summed E-state index contributed by atoms with van der Waals surface area (Å²) in [6, 6.07) is 11.9. The Kier molecular flexibility index (Phi) is 6.94. The van der Waals surface area contributed by atoms with Gasteiger partial charge in [0.1, 0.15) is 23.1 Å². The summed E-state index contributed by atoms with van der Waals surface area (Å²) in [5.74, 6) is -0.135. The Bertz CT molecular complexity index is 948. The lowest BCUT2D eigenvalue weighted by Gasteiger charge is -2.34. The van der Waals surface area contributed by atoms with Crippen molar-refractivity contribution in [3.63, 3.8) is 0 Å². The predicted molar refractivity (Wildman–Crippen MR) is 107 cm³/mol. The average molecular weight is 442 g/mol. The van der Waals surface area contributed by atoms with E-state index < -0.39 is 15.8 Å². The standard InChI is InChI=1S/C19H21ClFN3O4S/c20-15-5-7-16(8-6-15)28-14-9-22-19(25)23-10-12-24(13-11-23)29(26,27)18-4-2-1-3-17(18)21/h1-8H,9-14H2,(H,22,25). The average Bonchev–Trinajstić information content (AvgIpc) is 2.72. The third kappa shape index (κ3) is 5.37. The topological polar surface area (TPSA) is 79.0 Å². The van der Waals surface area contributed by atoms with Crippen molar-refractivity contribution in [1.82, 2.24) is 14.5 Å². The van der Waals surface area contributed by atoms with Gasteiger partial charge in [0.25, 0.3) is 0 Å². The number of amides is 2. The van der Waals surface area contributed by atoms with Gasteiger partial charge in [-0.3, -0.25) is 0 Å². The molecule has 156 valence electrons. The summed E-state index contributed by atoms with van der Waals surface area (Å²) in [6.45, 7) is 1.23. The molecule has 0 unspecified atom stereocenters. The molecule has 0 aliphatic carbocycles. The largest absolute Gasteiger partial charge is 0.492 e. The third-order valence-electron chi connectivity index (χ3n) is 4.44. The maximum absolute atomic E-state index is 13.9. The second kappa shape index (κ2) is 9.43. The molecule has 2 amide bonds. The number of carbonyl (C=O) groups excluding carboxylic acids is 1. The van der Waals surface area contributed by atoms with Crippen molar-refractivity contribution in [2.75, 3.05) is 39.3 Å². The van der Waals surface area contributed by atoms with E-state index >= 15 is 0 Å². The molecule has 1 fully saturated rings. The lowest BCUT2D eigenvalue weighted by atomic mass is 10.3. The van der Waals surface area contributed by atoms with E-state index in [1.54, 1.807) is 24.3 Å². The number of sulfonamides is 1. The molecule has 1 saturated heterocycles. The van der Waals surface area contributed by atoms with E-state index in [0.717, 1.165) is 6.07 Å². The van der Waals surface area contributed by atoms with Crippen molar-refractivity contribution in [1.29, 1.82) is 0 Å². The molecule has 0 atom stereocenters. The molecular formula is C19H21ClFN3O4S. The number of benzene rings is 2. The monoisotopic (exact) mass is 441 g/mol. The number of nitrogens with one attached hydrogen (secondary N) is 1. The highest BCUT2D eigenvalue weighted by molar-refractivity contribution is 7.89. The van der Waals surface area contributed by atoms with Crippen LogP contribution >= 0.6 is 11.6 Å². The van der Waals surface area contributed by atoms with Crippen molar-refractivity contribution in [2.24, 2.45) is 0 Å². The van der Waals surface area contributed by atoms with Crippen LogP contribution in [0.1, 0.15) is 0 Å². The number of urea groups is 1. The first kappa shape index (κ1) is 21.4. The number of rotatable bonds is 6. The molecule has 1 aliphatic heterocycles. The Labute approximate surface area is 174 Å². The second-order valence-corrected chi connectivity index (χ2v) is 8.70. The SMILES string of the molecule is O=C(NCCOc1ccc(Cl)cc1)N1CCN(S(=O)(=O)c2ccccc2F)CC1. The first-order chi connectivity index (χ1) is 13.9. The van der Waals surface area contributed by atoms with Crippen LogP contribution in [0.15, 0.2) is 53.4 Å². The molecular weight excluding hydrogens is 421 g/mol. The zero-order valence-electron chi connectivity index (χ0n) is 15.6. The van der Waals surface area contributed by atoms with Crippen LogP contribution in [0.3, 0.4) is 0 Å². The molecule has 1 N–H and O–H groups in total. The van der Waals surface area contributed by atoms with Crippen LogP contribution in [0.2, 0.25) is 5.02 Å². The zero-order chi connectivity index (χ0) is 20.9. The van der Waals surface area contributed by atoms with Crippen LogP contribution < -0.4 is 10.1 Å². The summed E-state index contributed by atoms with van der Waals surface area (Å²) in [6.07, 6.45) is 0. The number of halogens is 2. The molecule has 1 aliphatic rings. The van der Waals surface area contributed by atoms with Gasteiger partial charge in [-0.05, 0) is 36.4 Å². The van der Waals surface area contributed by atoms with Gasteiger partial charge in [0.2, 0.25) is 10.0 Å². The fraction of sp³-hybridized carbons (Fsp3) is 0.316. The van der Waals surface area contributed by atoms with Crippen LogP contribution in [0.5, 0.6) is 5.75 Å². The normalized spacial score (nSPS) is 15.2. The Morgan fingerprint density at radius 1 is 1.07 bits per heavy atom. The van der Waals surface area contributed by atoms with Gasteiger partial charge >= 0.3 is 6.03 Å². The molecule has 0 saturated carbocycles. The number of carbonyl (C=O) groups is 1. The van der Waals surface area contributed by atoms with Crippen LogP contribution in [0.25, 0.3) is 0 Å². The van der Waals surface area contributed by atoms with Crippen LogP contribution in [-0.2, 0) is 10.0 Å². The Morgan fingerprint density at radius 2 is 1.72 bits per heavy atom. The molecule has 0 aromatic heterocycles. The van der Waals surface area contributed by atoms with Gasteiger partial charge in [-0.25, -0.2) is 17.6 Å². The number of piperazine rings is 1. The maximum atomic E-state index is 13.9. The van der Waals surface area contributed by atoms with Crippen molar-refractivity contribution in [3.05, 3.63) is 59.4 Å². The fourth-order valence-corrected chi connectivity index (χ4v) is 4.51. The van der Waals surface area contributed by atoms with Crippen molar-refractivity contribution in [2.45, 2.75) is 4.90 Å². The molecule has 2 aromatic carbocycles. The molecule has 29 heavy (non-hydrogen) atoms. The minimum atomic E-state index is -3.93. The number of ether oxygens (including phenoxy) is 1.